The highest BCUT2D eigenvalue weighted by Gasteiger charge is 2.09. The van der Waals surface area contributed by atoms with Gasteiger partial charge >= 0.3 is 0 Å². The first-order valence-electron chi connectivity index (χ1n) is 8.43. The van der Waals surface area contributed by atoms with Crippen molar-refractivity contribution in [3.63, 3.8) is 0 Å². The molecule has 1 heterocycles. The molecule has 1 unspecified atom stereocenters. The number of hydrogen-bond donors (Lipinski definition) is 1. The Morgan fingerprint density at radius 2 is 1.96 bits per heavy atom. The molecule has 1 aromatic heterocycles. The van der Waals surface area contributed by atoms with E-state index in [4.69, 9.17) is 0 Å². The van der Waals surface area contributed by atoms with Crippen molar-refractivity contribution < 1.29 is 0 Å². The van der Waals surface area contributed by atoms with Gasteiger partial charge in [-0.1, -0.05) is 55.7 Å². The summed E-state index contributed by atoms with van der Waals surface area (Å²) in [5.41, 5.74) is 5.57. The third-order valence-corrected chi connectivity index (χ3v) is 3.95. The van der Waals surface area contributed by atoms with Gasteiger partial charge in [0.2, 0.25) is 0 Å². The highest BCUT2D eigenvalue weighted by atomic mass is 14.9. The molecule has 0 fully saturated rings. The number of allylic oxidation sites excluding steroid dienone is 4. The molecule has 0 spiro atoms. The van der Waals surface area contributed by atoms with Gasteiger partial charge in [0.1, 0.15) is 0 Å². The Labute approximate surface area is 155 Å². The van der Waals surface area contributed by atoms with E-state index in [1.54, 1.807) is 24.3 Å². The van der Waals surface area contributed by atoms with E-state index < -0.39 is 0 Å². The molecule has 0 saturated carbocycles. The first-order chi connectivity index (χ1) is 12.5. The van der Waals surface area contributed by atoms with E-state index >= 15 is 0 Å². The maximum Gasteiger partial charge on any atom is 0.0968 e. The molecule has 0 aliphatic carbocycles. The van der Waals surface area contributed by atoms with Gasteiger partial charge in [-0.25, -0.2) is 0 Å². The molecule has 3 nitrogen and oxygen atoms in total. The number of nitriles is 1. The maximum atomic E-state index is 9.31. The number of aromatic nitrogens is 1. The van der Waals surface area contributed by atoms with Crippen molar-refractivity contribution in [1.82, 2.24) is 10.3 Å². The predicted molar refractivity (Wildman–Crippen MR) is 109 cm³/mol. The first-order valence-corrected chi connectivity index (χ1v) is 8.43. The van der Waals surface area contributed by atoms with Crippen LogP contribution < -0.4 is 5.32 Å². The van der Waals surface area contributed by atoms with E-state index in [1.807, 2.05) is 43.5 Å². The number of rotatable bonds is 7. The molecule has 0 amide bonds. The second kappa shape index (κ2) is 9.19. The van der Waals surface area contributed by atoms with Crippen molar-refractivity contribution in [3.8, 4) is 17.3 Å². The van der Waals surface area contributed by atoms with Crippen molar-refractivity contribution in [2.24, 2.45) is 0 Å². The Bertz CT molecular complexity index is 880. The van der Waals surface area contributed by atoms with Crippen LogP contribution >= 0.6 is 0 Å². The van der Waals surface area contributed by atoms with Crippen molar-refractivity contribution >= 4 is 5.70 Å². The topological polar surface area (TPSA) is 48.7 Å². The monoisotopic (exact) mass is 341 g/mol. The number of nitrogens with zero attached hydrogens (tertiary/aromatic N) is 2. The predicted octanol–water partition coefficient (Wildman–Crippen LogP) is 5.20. The van der Waals surface area contributed by atoms with Gasteiger partial charge < -0.3 is 5.32 Å². The average Bonchev–Trinajstić information content (AvgIpc) is 2.65. The van der Waals surface area contributed by atoms with Gasteiger partial charge in [0.25, 0.3) is 0 Å². The van der Waals surface area contributed by atoms with Crippen molar-refractivity contribution in [1.29, 1.82) is 5.26 Å². The van der Waals surface area contributed by atoms with Crippen LogP contribution in [0.25, 0.3) is 17.0 Å². The molecule has 1 atom stereocenters. The summed E-state index contributed by atoms with van der Waals surface area (Å²) in [6.07, 6.45) is 8.86. The van der Waals surface area contributed by atoms with Crippen LogP contribution in [0.15, 0.2) is 85.6 Å². The molecule has 2 aromatic rings. The standard InChI is InChI=1S/C23H23N3/c1-5-6-7-8-22(16-24)19(4)26-18(3)20-9-11-21(12-10-20)23-15-17(2)13-14-25-23/h5-15,19,26H,1,3H2,2,4H3/b7-6-,22-8-. The van der Waals surface area contributed by atoms with E-state index in [0.717, 1.165) is 22.5 Å². The zero-order valence-electron chi connectivity index (χ0n) is 15.2. The molecule has 26 heavy (non-hydrogen) atoms. The largest absolute Gasteiger partial charge is 0.378 e. The Morgan fingerprint density at radius 3 is 2.58 bits per heavy atom. The van der Waals surface area contributed by atoms with Crippen LogP contribution in [-0.2, 0) is 0 Å². The minimum Gasteiger partial charge on any atom is -0.378 e. The molecule has 130 valence electrons. The van der Waals surface area contributed by atoms with Crippen LogP contribution in [-0.4, -0.2) is 11.0 Å². The molecular weight excluding hydrogens is 318 g/mol. The molecule has 1 aromatic carbocycles. The lowest BCUT2D eigenvalue weighted by atomic mass is 10.0. The number of nitrogens with one attached hydrogen (secondary N) is 1. The summed E-state index contributed by atoms with van der Waals surface area (Å²) in [6, 6.07) is 14.2. The van der Waals surface area contributed by atoms with Gasteiger partial charge in [-0.05, 0) is 43.2 Å². The number of pyridine rings is 1. The number of benzene rings is 1. The van der Waals surface area contributed by atoms with E-state index in [1.165, 1.54) is 5.56 Å². The fraction of sp³-hybridized carbons (Fsp3) is 0.130. The van der Waals surface area contributed by atoms with E-state index in [-0.39, 0.29) is 6.04 Å². The molecular formula is C23H23N3. The first kappa shape index (κ1) is 19.0. The SMILES string of the molecule is C=C/C=C\C=C(\C#N)C(C)NC(=C)c1ccc(-c2cc(C)ccn2)cc1. The zero-order chi connectivity index (χ0) is 18.9. The van der Waals surface area contributed by atoms with E-state index in [0.29, 0.717) is 5.57 Å². The lowest BCUT2D eigenvalue weighted by Gasteiger charge is -2.17. The van der Waals surface area contributed by atoms with Crippen LogP contribution in [0.5, 0.6) is 0 Å². The summed E-state index contributed by atoms with van der Waals surface area (Å²) in [5, 5.41) is 12.6. The molecule has 0 aliphatic heterocycles. The summed E-state index contributed by atoms with van der Waals surface area (Å²) in [4.78, 5) is 4.41. The summed E-state index contributed by atoms with van der Waals surface area (Å²) in [5.74, 6) is 0. The number of aryl methyl sites for hydroxylation is 1. The van der Waals surface area contributed by atoms with Crippen molar-refractivity contribution in [2.45, 2.75) is 19.9 Å². The van der Waals surface area contributed by atoms with Crippen molar-refractivity contribution in [3.05, 3.63) is 96.8 Å². The van der Waals surface area contributed by atoms with Gasteiger partial charge in [0, 0.05) is 17.5 Å². The Kier molecular flexibility index (Phi) is 6.70. The normalized spacial score (nSPS) is 12.4. The fourth-order valence-electron chi connectivity index (χ4n) is 2.47. The minimum absolute atomic E-state index is 0.139. The fourth-order valence-corrected chi connectivity index (χ4v) is 2.47. The lowest BCUT2D eigenvalue weighted by molar-refractivity contribution is 0.762. The third-order valence-electron chi connectivity index (χ3n) is 3.95. The minimum atomic E-state index is -0.139. The van der Waals surface area contributed by atoms with Gasteiger partial charge in [-0.3, -0.25) is 4.98 Å². The van der Waals surface area contributed by atoms with E-state index in [2.05, 4.69) is 42.5 Å². The molecule has 0 aliphatic rings. The molecule has 1 N–H and O–H groups in total. The van der Waals surface area contributed by atoms with Crippen LogP contribution in [0.2, 0.25) is 0 Å². The summed E-state index contributed by atoms with van der Waals surface area (Å²) < 4.78 is 0. The second-order valence-electron chi connectivity index (χ2n) is 5.99. The van der Waals surface area contributed by atoms with Crippen molar-refractivity contribution in [2.75, 3.05) is 0 Å². The summed E-state index contributed by atoms with van der Waals surface area (Å²) in [7, 11) is 0. The molecule has 0 radical (unpaired) electrons. The summed E-state index contributed by atoms with van der Waals surface area (Å²) >= 11 is 0. The highest BCUT2D eigenvalue weighted by Crippen LogP contribution is 2.21. The average molecular weight is 341 g/mol. The van der Waals surface area contributed by atoms with Crippen LogP contribution in [0.1, 0.15) is 18.1 Å². The second-order valence-corrected chi connectivity index (χ2v) is 5.99. The maximum absolute atomic E-state index is 9.31. The summed E-state index contributed by atoms with van der Waals surface area (Å²) in [6.45, 7) is 11.7. The van der Waals surface area contributed by atoms with Crippen LogP contribution in [0.4, 0.5) is 0 Å². The van der Waals surface area contributed by atoms with E-state index in [9.17, 15) is 5.26 Å². The quantitative estimate of drug-likeness (QED) is 0.556. The third kappa shape index (κ3) is 5.06. The van der Waals surface area contributed by atoms with Crippen LogP contribution in [0, 0.1) is 18.3 Å². The molecule has 0 saturated heterocycles. The number of hydrogen-bond acceptors (Lipinski definition) is 3. The van der Waals surface area contributed by atoms with Crippen LogP contribution in [0.3, 0.4) is 0 Å². The van der Waals surface area contributed by atoms with Gasteiger partial charge in [-0.15, -0.1) is 0 Å². The Morgan fingerprint density at radius 1 is 1.23 bits per heavy atom. The Hall–Kier alpha value is -3.38. The molecule has 2 rings (SSSR count). The van der Waals surface area contributed by atoms with Gasteiger partial charge in [0.15, 0.2) is 0 Å². The Balaban J connectivity index is 2.10. The van der Waals surface area contributed by atoms with Gasteiger partial charge in [-0.2, -0.15) is 5.26 Å². The zero-order valence-corrected chi connectivity index (χ0v) is 15.2. The molecule has 3 heteroatoms. The molecule has 0 bridgehead atoms. The smallest absolute Gasteiger partial charge is 0.0968 e. The lowest BCUT2D eigenvalue weighted by Crippen LogP contribution is -2.25. The highest BCUT2D eigenvalue weighted by molar-refractivity contribution is 5.67. The van der Waals surface area contributed by atoms with Gasteiger partial charge in [0.05, 0.1) is 23.4 Å².